The summed E-state index contributed by atoms with van der Waals surface area (Å²) >= 11 is 6.58. The van der Waals surface area contributed by atoms with Crippen molar-refractivity contribution in [1.29, 1.82) is 0 Å². The summed E-state index contributed by atoms with van der Waals surface area (Å²) < 4.78 is 0. The van der Waals surface area contributed by atoms with Gasteiger partial charge in [-0.1, -0.05) is 18.5 Å². The first-order valence-electron chi connectivity index (χ1n) is 9.98. The highest BCUT2D eigenvalue weighted by atomic mass is 35.5. The SMILES string of the molecule is C[C@@H]1CCc2ncnc(N3CC4(CCNCC4)c4c3ccc(Cl)c4CN)c21. The monoisotopic (exact) mass is 383 g/mol. The number of fused-ring (bicyclic) bond motifs is 3. The van der Waals surface area contributed by atoms with Gasteiger partial charge in [-0.25, -0.2) is 9.97 Å². The minimum absolute atomic E-state index is 0.0971. The fourth-order valence-corrected chi connectivity index (χ4v) is 5.67. The van der Waals surface area contributed by atoms with Crippen LogP contribution in [0.15, 0.2) is 18.5 Å². The molecule has 2 aliphatic heterocycles. The van der Waals surface area contributed by atoms with Crippen LogP contribution in [-0.4, -0.2) is 29.6 Å². The van der Waals surface area contributed by atoms with Crippen LogP contribution in [0.4, 0.5) is 11.5 Å². The molecule has 0 radical (unpaired) electrons. The Morgan fingerprint density at radius 3 is 2.89 bits per heavy atom. The van der Waals surface area contributed by atoms with Crippen molar-refractivity contribution in [3.05, 3.63) is 45.9 Å². The van der Waals surface area contributed by atoms with Crippen molar-refractivity contribution in [3.8, 4) is 0 Å². The molecule has 2 aromatic rings. The summed E-state index contributed by atoms with van der Waals surface area (Å²) in [6, 6.07) is 4.17. The van der Waals surface area contributed by atoms with E-state index in [1.807, 2.05) is 6.07 Å². The molecule has 1 spiro atoms. The maximum atomic E-state index is 6.58. The Hall–Kier alpha value is -1.69. The van der Waals surface area contributed by atoms with E-state index in [1.165, 1.54) is 22.5 Å². The molecule has 1 aliphatic carbocycles. The van der Waals surface area contributed by atoms with Crippen LogP contribution in [-0.2, 0) is 18.4 Å². The van der Waals surface area contributed by atoms with Crippen LogP contribution >= 0.6 is 11.6 Å². The molecule has 27 heavy (non-hydrogen) atoms. The first-order chi connectivity index (χ1) is 13.1. The minimum atomic E-state index is 0.0971. The Morgan fingerprint density at radius 2 is 2.11 bits per heavy atom. The summed E-state index contributed by atoms with van der Waals surface area (Å²) in [5, 5.41) is 4.30. The van der Waals surface area contributed by atoms with E-state index in [0.717, 1.165) is 61.7 Å². The summed E-state index contributed by atoms with van der Waals surface area (Å²) in [6.45, 7) is 5.78. The Kier molecular flexibility index (Phi) is 4.15. The molecule has 0 amide bonds. The topological polar surface area (TPSA) is 67.1 Å². The van der Waals surface area contributed by atoms with Gasteiger partial charge >= 0.3 is 0 Å². The summed E-state index contributed by atoms with van der Waals surface area (Å²) in [4.78, 5) is 11.8. The van der Waals surface area contributed by atoms with E-state index in [0.29, 0.717) is 12.5 Å². The van der Waals surface area contributed by atoms with Gasteiger partial charge < -0.3 is 16.0 Å². The van der Waals surface area contributed by atoms with Crippen molar-refractivity contribution in [3.63, 3.8) is 0 Å². The van der Waals surface area contributed by atoms with Gasteiger partial charge in [-0.15, -0.1) is 0 Å². The molecular weight excluding hydrogens is 358 g/mol. The van der Waals surface area contributed by atoms with Gasteiger partial charge in [-0.05, 0) is 68.0 Å². The zero-order valence-electron chi connectivity index (χ0n) is 15.8. The van der Waals surface area contributed by atoms with Crippen LogP contribution in [0.5, 0.6) is 0 Å². The van der Waals surface area contributed by atoms with E-state index in [9.17, 15) is 0 Å². The molecule has 0 bridgehead atoms. The number of nitrogens with zero attached hydrogens (tertiary/aromatic N) is 3. The van der Waals surface area contributed by atoms with E-state index >= 15 is 0 Å². The number of hydrogen-bond acceptors (Lipinski definition) is 5. The molecule has 3 aliphatic rings. The fourth-order valence-electron chi connectivity index (χ4n) is 5.43. The molecule has 1 aromatic carbocycles. The third-order valence-corrected chi connectivity index (χ3v) is 7.14. The lowest BCUT2D eigenvalue weighted by molar-refractivity contribution is 0.327. The van der Waals surface area contributed by atoms with Gasteiger partial charge in [-0.3, -0.25) is 0 Å². The second-order valence-corrected chi connectivity index (χ2v) is 8.65. The fraction of sp³-hybridized carbons (Fsp3) is 0.524. The Labute approximate surface area is 165 Å². The zero-order chi connectivity index (χ0) is 18.6. The summed E-state index contributed by atoms with van der Waals surface area (Å²) in [6.07, 6.45) is 6.15. The number of benzene rings is 1. The summed E-state index contributed by atoms with van der Waals surface area (Å²) in [5.41, 5.74) is 12.5. The van der Waals surface area contributed by atoms with Crippen LogP contribution in [0.2, 0.25) is 5.02 Å². The number of hydrogen-bond donors (Lipinski definition) is 2. The van der Waals surface area contributed by atoms with Crippen molar-refractivity contribution < 1.29 is 0 Å². The van der Waals surface area contributed by atoms with Gasteiger partial charge in [0.25, 0.3) is 0 Å². The first-order valence-corrected chi connectivity index (χ1v) is 10.4. The third kappa shape index (κ3) is 2.52. The highest BCUT2D eigenvalue weighted by Crippen LogP contribution is 2.52. The highest BCUT2D eigenvalue weighted by molar-refractivity contribution is 6.31. The molecule has 1 fully saturated rings. The Balaban J connectivity index is 1.71. The quantitative estimate of drug-likeness (QED) is 0.831. The highest BCUT2D eigenvalue weighted by Gasteiger charge is 2.46. The Bertz CT molecular complexity index is 890. The molecule has 0 saturated carbocycles. The number of aryl methyl sites for hydroxylation is 1. The molecular formula is C21H26ClN5. The molecule has 1 saturated heterocycles. The molecule has 5 rings (SSSR count). The summed E-state index contributed by atoms with van der Waals surface area (Å²) in [7, 11) is 0. The van der Waals surface area contributed by atoms with Crippen LogP contribution in [0.25, 0.3) is 0 Å². The molecule has 1 aromatic heterocycles. The number of aromatic nitrogens is 2. The predicted octanol–water partition coefficient (Wildman–Crippen LogP) is 3.41. The van der Waals surface area contributed by atoms with Gasteiger partial charge in [0.15, 0.2) is 0 Å². The van der Waals surface area contributed by atoms with Crippen molar-refractivity contribution in [2.75, 3.05) is 24.5 Å². The molecule has 3 heterocycles. The molecule has 6 heteroatoms. The second-order valence-electron chi connectivity index (χ2n) is 8.24. The first kappa shape index (κ1) is 17.4. The van der Waals surface area contributed by atoms with E-state index in [2.05, 4.69) is 28.2 Å². The lowest BCUT2D eigenvalue weighted by Gasteiger charge is -2.36. The normalized spacial score (nSPS) is 22.9. The number of anilines is 2. The predicted molar refractivity (Wildman–Crippen MR) is 109 cm³/mol. The van der Waals surface area contributed by atoms with Crippen LogP contribution in [0, 0.1) is 0 Å². The number of nitrogens with two attached hydrogens (primary N) is 1. The van der Waals surface area contributed by atoms with Crippen molar-refractivity contribution in [2.45, 2.75) is 50.5 Å². The molecule has 1 atom stereocenters. The van der Waals surface area contributed by atoms with E-state index in [-0.39, 0.29) is 5.41 Å². The van der Waals surface area contributed by atoms with Gasteiger partial charge in [0.1, 0.15) is 12.1 Å². The van der Waals surface area contributed by atoms with E-state index in [1.54, 1.807) is 6.33 Å². The standard InChI is InChI=1S/C21H26ClN5/c1-13-2-4-16-18(13)20(26-12-25-16)27-11-21(6-8-24-9-7-21)19-14(10-23)15(22)3-5-17(19)27/h3,5,12-13,24H,2,4,6-11,23H2,1H3/t13-/m1/s1. The largest absolute Gasteiger partial charge is 0.326 e. The van der Waals surface area contributed by atoms with Crippen molar-refractivity contribution in [2.24, 2.45) is 5.73 Å². The number of halogens is 1. The van der Waals surface area contributed by atoms with Gasteiger partial charge in [0, 0.05) is 40.5 Å². The number of nitrogens with one attached hydrogen (secondary N) is 1. The van der Waals surface area contributed by atoms with Crippen molar-refractivity contribution >= 4 is 23.1 Å². The lowest BCUT2D eigenvalue weighted by atomic mass is 9.73. The number of rotatable bonds is 2. The maximum Gasteiger partial charge on any atom is 0.140 e. The average Bonchev–Trinajstić information content (AvgIpc) is 3.22. The minimum Gasteiger partial charge on any atom is -0.326 e. The molecule has 142 valence electrons. The average molecular weight is 384 g/mol. The third-order valence-electron chi connectivity index (χ3n) is 6.79. The Morgan fingerprint density at radius 1 is 1.30 bits per heavy atom. The van der Waals surface area contributed by atoms with Crippen LogP contribution in [0.3, 0.4) is 0 Å². The van der Waals surface area contributed by atoms with E-state index < -0.39 is 0 Å². The van der Waals surface area contributed by atoms with Crippen LogP contribution < -0.4 is 16.0 Å². The van der Waals surface area contributed by atoms with Gasteiger partial charge in [0.2, 0.25) is 0 Å². The van der Waals surface area contributed by atoms with Gasteiger partial charge in [0.05, 0.1) is 0 Å². The number of piperidine rings is 1. The molecule has 0 unspecified atom stereocenters. The lowest BCUT2D eigenvalue weighted by Crippen LogP contribution is -2.43. The van der Waals surface area contributed by atoms with Crippen LogP contribution in [0.1, 0.15) is 54.5 Å². The second kappa shape index (κ2) is 6.43. The zero-order valence-corrected chi connectivity index (χ0v) is 16.5. The molecule has 3 N–H and O–H groups in total. The maximum absolute atomic E-state index is 6.58. The summed E-state index contributed by atoms with van der Waals surface area (Å²) in [5.74, 6) is 1.59. The smallest absolute Gasteiger partial charge is 0.140 e. The molecule has 5 nitrogen and oxygen atoms in total. The van der Waals surface area contributed by atoms with E-state index in [4.69, 9.17) is 22.3 Å². The van der Waals surface area contributed by atoms with Gasteiger partial charge in [-0.2, -0.15) is 0 Å². The van der Waals surface area contributed by atoms with Crippen molar-refractivity contribution in [1.82, 2.24) is 15.3 Å².